The molecule has 0 aliphatic carbocycles. The molecule has 0 aromatic carbocycles. The van der Waals surface area contributed by atoms with E-state index in [1.807, 2.05) is 11.8 Å². The number of piperidine rings is 1. The Morgan fingerprint density at radius 2 is 1.95 bits per heavy atom. The van der Waals surface area contributed by atoms with Gasteiger partial charge >= 0.3 is 5.97 Å². The molecule has 0 aromatic heterocycles. The first-order valence-electron chi connectivity index (χ1n) is 7.35. The van der Waals surface area contributed by atoms with Crippen LogP contribution in [0, 0.1) is 5.92 Å². The number of amides is 1. The fraction of sp³-hybridized carbons (Fsp3) is 0.857. The van der Waals surface area contributed by atoms with Crippen LogP contribution in [0.4, 0.5) is 0 Å². The van der Waals surface area contributed by atoms with E-state index < -0.39 is 5.97 Å². The maximum atomic E-state index is 11.9. The van der Waals surface area contributed by atoms with Gasteiger partial charge in [0.15, 0.2) is 0 Å². The summed E-state index contributed by atoms with van der Waals surface area (Å²) < 4.78 is 0. The molecule has 0 bridgehead atoms. The molecule has 6 heteroatoms. The lowest BCUT2D eigenvalue weighted by Crippen LogP contribution is -2.44. The summed E-state index contributed by atoms with van der Waals surface area (Å²) >= 11 is 1.87. The van der Waals surface area contributed by atoms with Crippen molar-refractivity contribution < 1.29 is 14.7 Å². The molecule has 0 spiro atoms. The molecule has 1 rings (SSSR count). The van der Waals surface area contributed by atoms with Crippen LogP contribution in [0.25, 0.3) is 0 Å². The summed E-state index contributed by atoms with van der Waals surface area (Å²) in [4.78, 5) is 24.5. The minimum atomic E-state index is -0.736. The third-order valence-corrected chi connectivity index (χ3v) is 4.37. The van der Waals surface area contributed by atoms with E-state index in [1.54, 1.807) is 4.90 Å². The summed E-state index contributed by atoms with van der Waals surface area (Å²) in [6.45, 7) is 2.41. The number of nitrogens with zero attached hydrogens (tertiary/aromatic N) is 1. The van der Waals surface area contributed by atoms with Crippen molar-refractivity contribution in [3.05, 3.63) is 0 Å². The molecule has 1 amide bonds. The van der Waals surface area contributed by atoms with Gasteiger partial charge in [-0.05, 0) is 44.2 Å². The maximum Gasteiger partial charge on any atom is 0.306 e. The Bertz CT molecular complexity index is 305. The number of hydrogen-bond acceptors (Lipinski definition) is 4. The molecule has 116 valence electrons. The Balaban J connectivity index is 2.04. The summed E-state index contributed by atoms with van der Waals surface area (Å²) in [5.41, 5.74) is 0. The van der Waals surface area contributed by atoms with E-state index in [2.05, 4.69) is 11.6 Å². The molecule has 0 atom stereocenters. The third kappa shape index (κ3) is 6.61. The lowest BCUT2D eigenvalue weighted by Gasteiger charge is -2.30. The third-order valence-electron chi connectivity index (χ3n) is 3.68. The molecule has 20 heavy (non-hydrogen) atoms. The molecule has 2 N–H and O–H groups in total. The number of rotatable bonds is 9. The zero-order chi connectivity index (χ0) is 14.8. The molecule has 0 saturated carbocycles. The second kappa shape index (κ2) is 10.0. The van der Waals surface area contributed by atoms with E-state index in [-0.39, 0.29) is 11.8 Å². The SMILES string of the molecule is CSCCCCCNCC(=O)N1CCC(C(=O)O)CC1. The molecule has 1 fully saturated rings. The van der Waals surface area contributed by atoms with Crippen LogP contribution in [0.3, 0.4) is 0 Å². The van der Waals surface area contributed by atoms with Gasteiger partial charge in [-0.2, -0.15) is 11.8 Å². The van der Waals surface area contributed by atoms with Crippen molar-refractivity contribution in [1.82, 2.24) is 10.2 Å². The number of hydrogen-bond donors (Lipinski definition) is 2. The van der Waals surface area contributed by atoms with Gasteiger partial charge in [-0.1, -0.05) is 6.42 Å². The average molecular weight is 302 g/mol. The minimum Gasteiger partial charge on any atom is -0.481 e. The Hall–Kier alpha value is -0.750. The number of carboxylic acids is 1. The van der Waals surface area contributed by atoms with Gasteiger partial charge in [0.2, 0.25) is 5.91 Å². The zero-order valence-corrected chi connectivity index (χ0v) is 13.1. The monoisotopic (exact) mass is 302 g/mol. The molecule has 0 aromatic rings. The number of unbranched alkanes of at least 4 members (excludes halogenated alkanes) is 2. The summed E-state index contributed by atoms with van der Waals surface area (Å²) in [6.07, 6.45) is 6.82. The summed E-state index contributed by atoms with van der Waals surface area (Å²) in [7, 11) is 0. The van der Waals surface area contributed by atoms with Crippen molar-refractivity contribution in [3.8, 4) is 0 Å². The first kappa shape index (κ1) is 17.3. The Morgan fingerprint density at radius 1 is 1.25 bits per heavy atom. The predicted molar refractivity (Wildman–Crippen MR) is 82.0 cm³/mol. The highest BCUT2D eigenvalue weighted by Crippen LogP contribution is 2.17. The molecule has 5 nitrogen and oxygen atoms in total. The number of carbonyl (C=O) groups excluding carboxylic acids is 1. The number of carboxylic acid groups (broad SMARTS) is 1. The van der Waals surface area contributed by atoms with Crippen molar-refractivity contribution in [1.29, 1.82) is 0 Å². The first-order chi connectivity index (χ1) is 9.65. The summed E-state index contributed by atoms with van der Waals surface area (Å²) in [5.74, 6) is 0.291. The van der Waals surface area contributed by atoms with Crippen LogP contribution in [0.2, 0.25) is 0 Å². The van der Waals surface area contributed by atoms with E-state index in [9.17, 15) is 9.59 Å². The van der Waals surface area contributed by atoms with Crippen LogP contribution < -0.4 is 5.32 Å². The van der Waals surface area contributed by atoms with E-state index in [0.717, 1.165) is 13.0 Å². The molecule has 0 radical (unpaired) electrons. The van der Waals surface area contributed by atoms with Gasteiger partial charge in [-0.25, -0.2) is 0 Å². The largest absolute Gasteiger partial charge is 0.481 e. The standard InChI is InChI=1S/C14H26N2O3S/c1-20-10-4-2-3-7-15-11-13(17)16-8-5-12(6-9-16)14(18)19/h12,15H,2-11H2,1H3,(H,18,19). The summed E-state index contributed by atoms with van der Waals surface area (Å²) in [5, 5.41) is 12.1. The van der Waals surface area contributed by atoms with Crippen LogP contribution in [-0.4, -0.2) is 60.1 Å². The quantitative estimate of drug-likeness (QED) is 0.631. The van der Waals surface area contributed by atoms with Crippen molar-refractivity contribution in [2.75, 3.05) is 38.2 Å². The van der Waals surface area contributed by atoms with Crippen molar-refractivity contribution in [3.63, 3.8) is 0 Å². The van der Waals surface area contributed by atoms with Gasteiger partial charge in [0, 0.05) is 13.1 Å². The van der Waals surface area contributed by atoms with Crippen LogP contribution in [-0.2, 0) is 9.59 Å². The van der Waals surface area contributed by atoms with Gasteiger partial charge in [0.1, 0.15) is 0 Å². The smallest absolute Gasteiger partial charge is 0.306 e. The first-order valence-corrected chi connectivity index (χ1v) is 8.74. The maximum absolute atomic E-state index is 11.9. The van der Waals surface area contributed by atoms with Crippen LogP contribution in [0.1, 0.15) is 32.1 Å². The van der Waals surface area contributed by atoms with E-state index >= 15 is 0 Å². The van der Waals surface area contributed by atoms with E-state index in [0.29, 0.717) is 32.5 Å². The topological polar surface area (TPSA) is 69.6 Å². The second-order valence-electron chi connectivity index (χ2n) is 5.22. The van der Waals surface area contributed by atoms with Gasteiger partial charge in [-0.15, -0.1) is 0 Å². The van der Waals surface area contributed by atoms with E-state index in [1.165, 1.54) is 18.6 Å². The van der Waals surface area contributed by atoms with Crippen molar-refractivity contribution in [2.45, 2.75) is 32.1 Å². The normalized spacial score (nSPS) is 16.4. The molecule has 1 saturated heterocycles. The van der Waals surface area contributed by atoms with Gasteiger partial charge in [0.05, 0.1) is 12.5 Å². The lowest BCUT2D eigenvalue weighted by atomic mass is 9.97. The molecule has 0 unspecified atom stereocenters. The van der Waals surface area contributed by atoms with Crippen LogP contribution >= 0.6 is 11.8 Å². The molecular formula is C14H26N2O3S. The van der Waals surface area contributed by atoms with Crippen molar-refractivity contribution in [2.24, 2.45) is 5.92 Å². The van der Waals surface area contributed by atoms with Crippen LogP contribution in [0.15, 0.2) is 0 Å². The number of carbonyl (C=O) groups is 2. The zero-order valence-electron chi connectivity index (χ0n) is 12.3. The van der Waals surface area contributed by atoms with Crippen LogP contribution in [0.5, 0.6) is 0 Å². The predicted octanol–water partition coefficient (Wildman–Crippen LogP) is 1.43. The molecule has 1 aliphatic rings. The Labute approximate surface area is 125 Å². The highest BCUT2D eigenvalue weighted by atomic mass is 32.2. The van der Waals surface area contributed by atoms with Gasteiger partial charge < -0.3 is 15.3 Å². The second-order valence-corrected chi connectivity index (χ2v) is 6.21. The molecule has 1 heterocycles. The highest BCUT2D eigenvalue weighted by Gasteiger charge is 2.26. The number of thioether (sulfide) groups is 1. The Morgan fingerprint density at radius 3 is 2.55 bits per heavy atom. The fourth-order valence-corrected chi connectivity index (χ4v) is 2.85. The van der Waals surface area contributed by atoms with Gasteiger partial charge in [-0.3, -0.25) is 9.59 Å². The van der Waals surface area contributed by atoms with E-state index in [4.69, 9.17) is 5.11 Å². The number of likely N-dealkylation sites (tertiary alicyclic amines) is 1. The minimum absolute atomic E-state index is 0.0953. The number of nitrogens with one attached hydrogen (secondary N) is 1. The summed E-state index contributed by atoms with van der Waals surface area (Å²) in [6, 6.07) is 0. The average Bonchev–Trinajstić information content (AvgIpc) is 2.46. The highest BCUT2D eigenvalue weighted by molar-refractivity contribution is 7.98. The Kier molecular flexibility index (Phi) is 8.69. The lowest BCUT2D eigenvalue weighted by molar-refractivity contribution is -0.145. The van der Waals surface area contributed by atoms with Gasteiger partial charge in [0.25, 0.3) is 0 Å². The molecule has 1 aliphatic heterocycles. The molecular weight excluding hydrogens is 276 g/mol. The number of aliphatic carboxylic acids is 1. The fourth-order valence-electron chi connectivity index (χ4n) is 2.36. The van der Waals surface area contributed by atoms with Crippen molar-refractivity contribution >= 4 is 23.6 Å².